The first-order chi connectivity index (χ1) is 13.8. The molecule has 1 unspecified atom stereocenters. The second-order valence-corrected chi connectivity index (χ2v) is 11.4. The predicted octanol–water partition coefficient (Wildman–Crippen LogP) is 3.84. The molecule has 4 fully saturated rings. The van der Waals surface area contributed by atoms with Crippen molar-refractivity contribution in [3.8, 4) is 5.75 Å². The van der Waals surface area contributed by atoms with Crippen molar-refractivity contribution in [2.75, 3.05) is 12.9 Å². The van der Waals surface area contributed by atoms with Crippen molar-refractivity contribution >= 4 is 15.9 Å². The molecule has 0 spiro atoms. The van der Waals surface area contributed by atoms with Gasteiger partial charge in [0.2, 0.25) is 10.0 Å². The molecule has 1 aromatic rings. The van der Waals surface area contributed by atoms with Gasteiger partial charge in [-0.1, -0.05) is 0 Å². The molecule has 1 aromatic carbocycles. The van der Waals surface area contributed by atoms with Gasteiger partial charge in [0.1, 0.15) is 11.6 Å². The highest BCUT2D eigenvalue weighted by Gasteiger charge is 2.51. The summed E-state index contributed by atoms with van der Waals surface area (Å²) in [5.74, 6) is 3.19. The lowest BCUT2D eigenvalue weighted by atomic mass is 9.82. The molecule has 5 rings (SSSR count). The first-order valence-corrected chi connectivity index (χ1v) is 12.7. The molecule has 7 heteroatoms. The maximum Gasteiger partial charge on any atom is 0.267 e. The smallest absolute Gasteiger partial charge is 0.267 e. The molecule has 0 aliphatic heterocycles. The molecular weight excluding hydrogens is 393 g/mol. The van der Waals surface area contributed by atoms with Gasteiger partial charge in [-0.2, -0.15) is 0 Å². The lowest BCUT2D eigenvalue weighted by Gasteiger charge is -2.23. The monoisotopic (exact) mass is 421 g/mol. The molecule has 0 radical (unpaired) electrons. The molecule has 1 N–H and O–H groups in total. The molecule has 4 aliphatic rings. The van der Waals surface area contributed by atoms with Crippen LogP contribution in [0, 0.1) is 35.4 Å². The van der Waals surface area contributed by atoms with E-state index < -0.39 is 21.7 Å². The van der Waals surface area contributed by atoms with Gasteiger partial charge in [0, 0.05) is 6.07 Å². The average Bonchev–Trinajstić information content (AvgIpc) is 3.09. The zero-order valence-corrected chi connectivity index (χ0v) is 17.5. The highest BCUT2D eigenvalue weighted by molar-refractivity contribution is 7.89. The first kappa shape index (κ1) is 19.3. The van der Waals surface area contributed by atoms with Crippen molar-refractivity contribution in [2.45, 2.75) is 50.9 Å². The van der Waals surface area contributed by atoms with Crippen molar-refractivity contribution in [1.82, 2.24) is 4.72 Å². The predicted molar refractivity (Wildman–Crippen MR) is 107 cm³/mol. The third-order valence-electron chi connectivity index (χ3n) is 7.60. The molecule has 29 heavy (non-hydrogen) atoms. The second-order valence-electron chi connectivity index (χ2n) is 9.66. The van der Waals surface area contributed by atoms with E-state index in [0.29, 0.717) is 18.3 Å². The van der Waals surface area contributed by atoms with Gasteiger partial charge in [-0.3, -0.25) is 4.79 Å². The SMILES string of the molecule is CS(=O)(=O)NC(=O)c1cc(C2CC2)c(OCC2C[C@@H]3[C@H]4CC[C@H](C4)[C@@H]3C2)cc1F. The Labute approximate surface area is 171 Å². The summed E-state index contributed by atoms with van der Waals surface area (Å²) in [5.41, 5.74) is 0.583. The summed E-state index contributed by atoms with van der Waals surface area (Å²) >= 11 is 0. The number of carbonyl (C=O) groups excluding carboxylic acids is 1. The number of benzene rings is 1. The molecule has 2 bridgehead atoms. The Morgan fingerprint density at radius 3 is 2.34 bits per heavy atom. The summed E-state index contributed by atoms with van der Waals surface area (Å²) in [6.45, 7) is 0.598. The lowest BCUT2D eigenvalue weighted by molar-refractivity contribution is 0.0977. The van der Waals surface area contributed by atoms with Crippen LogP contribution in [0.15, 0.2) is 12.1 Å². The van der Waals surface area contributed by atoms with Crippen molar-refractivity contribution < 1.29 is 22.3 Å². The van der Waals surface area contributed by atoms with Crippen LogP contribution in [0.1, 0.15) is 66.8 Å². The number of carbonyl (C=O) groups is 1. The summed E-state index contributed by atoms with van der Waals surface area (Å²) in [7, 11) is -3.75. The minimum atomic E-state index is -3.75. The first-order valence-electron chi connectivity index (χ1n) is 10.8. The highest BCUT2D eigenvalue weighted by atomic mass is 32.2. The van der Waals surface area contributed by atoms with Crippen molar-refractivity contribution in [3.05, 3.63) is 29.1 Å². The van der Waals surface area contributed by atoms with Gasteiger partial charge in [0.25, 0.3) is 5.91 Å². The van der Waals surface area contributed by atoms with Crippen molar-refractivity contribution in [2.24, 2.45) is 29.6 Å². The Balaban J connectivity index is 1.30. The molecule has 158 valence electrons. The van der Waals surface area contributed by atoms with E-state index in [2.05, 4.69) is 0 Å². The average molecular weight is 422 g/mol. The van der Waals surface area contributed by atoms with E-state index in [1.165, 1.54) is 44.2 Å². The third-order valence-corrected chi connectivity index (χ3v) is 8.16. The maximum atomic E-state index is 14.6. The fourth-order valence-corrected chi connectivity index (χ4v) is 6.73. The van der Waals surface area contributed by atoms with Gasteiger partial charge in [-0.05, 0) is 92.1 Å². The van der Waals surface area contributed by atoms with Crippen LogP contribution in [-0.2, 0) is 10.0 Å². The highest BCUT2D eigenvalue weighted by Crippen LogP contribution is 2.60. The molecule has 0 aromatic heterocycles. The normalized spacial score (nSPS) is 33.0. The molecule has 0 heterocycles. The maximum absolute atomic E-state index is 14.6. The zero-order valence-electron chi connectivity index (χ0n) is 16.7. The van der Waals surface area contributed by atoms with E-state index in [0.717, 1.165) is 48.3 Å². The lowest BCUT2D eigenvalue weighted by Crippen LogP contribution is -2.30. The second kappa shape index (κ2) is 6.96. The van der Waals surface area contributed by atoms with Crippen LogP contribution >= 0.6 is 0 Å². The minimum Gasteiger partial charge on any atom is -0.493 e. The van der Waals surface area contributed by atoms with Gasteiger partial charge < -0.3 is 4.74 Å². The summed E-state index contributed by atoms with van der Waals surface area (Å²) in [6, 6.07) is 2.75. The number of fused-ring (bicyclic) bond motifs is 5. The fourth-order valence-electron chi connectivity index (χ4n) is 6.28. The van der Waals surface area contributed by atoms with Gasteiger partial charge in [-0.15, -0.1) is 0 Å². The number of sulfonamides is 1. The number of halogens is 1. The summed E-state index contributed by atoms with van der Waals surface area (Å²) in [6.07, 6.45) is 9.51. The Bertz CT molecular complexity index is 924. The molecule has 4 saturated carbocycles. The van der Waals surface area contributed by atoms with Crippen LogP contribution in [-0.4, -0.2) is 27.2 Å². The summed E-state index contributed by atoms with van der Waals surface area (Å²) in [5, 5.41) is 0. The number of nitrogens with one attached hydrogen (secondary N) is 1. The Kier molecular flexibility index (Phi) is 4.64. The summed E-state index contributed by atoms with van der Waals surface area (Å²) in [4.78, 5) is 12.2. The molecular formula is C22H28FNO4S. The molecule has 5 nitrogen and oxygen atoms in total. The number of hydrogen-bond acceptors (Lipinski definition) is 4. The Morgan fingerprint density at radius 1 is 1.10 bits per heavy atom. The van der Waals surface area contributed by atoms with E-state index in [4.69, 9.17) is 4.74 Å². The molecule has 5 atom stereocenters. The fraction of sp³-hybridized carbons (Fsp3) is 0.682. The van der Waals surface area contributed by atoms with Crippen LogP contribution in [0.5, 0.6) is 5.75 Å². The van der Waals surface area contributed by atoms with E-state index >= 15 is 0 Å². The number of hydrogen-bond donors (Lipinski definition) is 1. The zero-order chi connectivity index (χ0) is 20.3. The van der Waals surface area contributed by atoms with Crippen LogP contribution in [0.4, 0.5) is 4.39 Å². The molecule has 0 saturated heterocycles. The quantitative estimate of drug-likeness (QED) is 0.757. The topological polar surface area (TPSA) is 72.5 Å². The van der Waals surface area contributed by atoms with E-state index in [9.17, 15) is 17.6 Å². The summed E-state index contributed by atoms with van der Waals surface area (Å²) < 4.78 is 45.2. The van der Waals surface area contributed by atoms with Crippen molar-refractivity contribution in [1.29, 1.82) is 0 Å². The van der Waals surface area contributed by atoms with Gasteiger partial charge >= 0.3 is 0 Å². The standard InChI is InChI=1S/C22H28FNO4S/c1-29(26,27)24-22(25)19-9-18(13-2-3-13)21(10-20(19)23)28-11-12-6-16-14-4-5-15(8-14)17(16)7-12/h9-10,12-17H,2-8,11H2,1H3,(H,24,25)/t12?,14-,15+,16+,17-. The van der Waals surface area contributed by atoms with Crippen molar-refractivity contribution in [3.63, 3.8) is 0 Å². The van der Waals surface area contributed by atoms with Gasteiger partial charge in [-0.25, -0.2) is 17.5 Å². The Morgan fingerprint density at radius 2 is 1.76 bits per heavy atom. The van der Waals surface area contributed by atoms with Crippen LogP contribution < -0.4 is 9.46 Å². The molecule has 1 amide bonds. The number of ether oxygens (including phenoxy) is 1. The van der Waals surface area contributed by atoms with Crippen LogP contribution in [0.25, 0.3) is 0 Å². The molecule has 4 aliphatic carbocycles. The van der Waals surface area contributed by atoms with E-state index in [-0.39, 0.29) is 11.5 Å². The van der Waals surface area contributed by atoms with Crippen LogP contribution in [0.3, 0.4) is 0 Å². The number of rotatable bonds is 6. The van der Waals surface area contributed by atoms with Gasteiger partial charge in [0.05, 0.1) is 18.4 Å². The number of amides is 1. The third kappa shape index (κ3) is 3.78. The largest absolute Gasteiger partial charge is 0.493 e. The van der Waals surface area contributed by atoms with Gasteiger partial charge in [0.15, 0.2) is 0 Å². The van der Waals surface area contributed by atoms with E-state index in [1.54, 1.807) is 0 Å². The van der Waals surface area contributed by atoms with Crippen LogP contribution in [0.2, 0.25) is 0 Å². The Hall–Kier alpha value is -1.63. The van der Waals surface area contributed by atoms with E-state index in [1.807, 2.05) is 4.72 Å². The minimum absolute atomic E-state index is 0.239.